The molecule has 2 aliphatic rings. The van der Waals surface area contributed by atoms with E-state index in [1.165, 1.54) is 19.2 Å². The van der Waals surface area contributed by atoms with Crippen LogP contribution in [0.1, 0.15) is 70.6 Å². The number of benzene rings is 1. The molecule has 0 atom stereocenters. The number of aromatic hydroxyl groups is 1. The number of amides is 1. The van der Waals surface area contributed by atoms with E-state index in [0.717, 1.165) is 31.4 Å². The van der Waals surface area contributed by atoms with Crippen LogP contribution >= 0.6 is 0 Å². The standard InChI is InChI=1S/C21H24N4O4/c1-3-15-18-19(25(24-15)13-6-4-5-7-13)23-16(11-22-20(18)27)12-8-9-17(26)14(10-12)21(28)29-2/h8-10,13,26H,3-7,11H2,1-2H3,(H,22,27). The van der Waals surface area contributed by atoms with Crippen LogP contribution in [-0.2, 0) is 11.2 Å². The molecule has 1 amide bonds. The van der Waals surface area contributed by atoms with Gasteiger partial charge in [-0.05, 0) is 43.0 Å². The van der Waals surface area contributed by atoms with Crippen molar-refractivity contribution < 1.29 is 19.4 Å². The van der Waals surface area contributed by atoms with Crippen LogP contribution in [0.3, 0.4) is 0 Å². The number of carbonyl (C=O) groups is 2. The minimum atomic E-state index is -0.632. The second-order valence-electron chi connectivity index (χ2n) is 7.35. The van der Waals surface area contributed by atoms with Gasteiger partial charge in [-0.3, -0.25) is 4.79 Å². The van der Waals surface area contributed by atoms with Gasteiger partial charge in [-0.1, -0.05) is 19.8 Å². The fourth-order valence-electron chi connectivity index (χ4n) is 4.04. The maximum absolute atomic E-state index is 12.8. The number of hydrogen-bond acceptors (Lipinski definition) is 6. The summed E-state index contributed by atoms with van der Waals surface area (Å²) in [7, 11) is 1.26. The van der Waals surface area contributed by atoms with Gasteiger partial charge in [0, 0.05) is 0 Å². The molecule has 8 nitrogen and oxygen atoms in total. The Morgan fingerprint density at radius 3 is 2.79 bits per heavy atom. The number of aliphatic imine (C=N–C) groups is 1. The number of fused-ring (bicyclic) bond motifs is 1. The molecule has 2 heterocycles. The summed E-state index contributed by atoms with van der Waals surface area (Å²) in [5.74, 6) is -0.408. The monoisotopic (exact) mass is 396 g/mol. The first-order valence-corrected chi connectivity index (χ1v) is 9.92. The SMILES string of the molecule is CCc1nn(C2CCCC2)c2c1C(=O)NCC(c1ccc(O)c(C(=O)OC)c1)=N2. The highest BCUT2D eigenvalue weighted by molar-refractivity contribution is 6.11. The summed E-state index contributed by atoms with van der Waals surface area (Å²) < 4.78 is 6.65. The normalized spacial score (nSPS) is 16.8. The lowest BCUT2D eigenvalue weighted by molar-refractivity contribution is 0.0597. The smallest absolute Gasteiger partial charge is 0.341 e. The van der Waals surface area contributed by atoms with Crippen LogP contribution in [0.15, 0.2) is 23.2 Å². The van der Waals surface area contributed by atoms with Crippen molar-refractivity contribution in [3.63, 3.8) is 0 Å². The number of nitrogens with zero attached hydrogens (tertiary/aromatic N) is 3. The van der Waals surface area contributed by atoms with Gasteiger partial charge in [0.25, 0.3) is 5.91 Å². The lowest BCUT2D eigenvalue weighted by Gasteiger charge is -2.13. The number of nitrogens with one attached hydrogen (secondary N) is 1. The summed E-state index contributed by atoms with van der Waals surface area (Å²) in [6.45, 7) is 2.19. The Hall–Kier alpha value is -3.16. The Labute approximate surface area is 168 Å². The zero-order chi connectivity index (χ0) is 20.5. The Morgan fingerprint density at radius 1 is 1.34 bits per heavy atom. The van der Waals surface area contributed by atoms with Gasteiger partial charge in [-0.15, -0.1) is 0 Å². The number of phenolic OH excluding ortho intramolecular Hbond substituents is 1. The molecule has 1 aliphatic heterocycles. The first-order chi connectivity index (χ1) is 14.0. The van der Waals surface area contributed by atoms with Crippen LogP contribution in [0, 0.1) is 0 Å². The highest BCUT2D eigenvalue weighted by atomic mass is 16.5. The van der Waals surface area contributed by atoms with Gasteiger partial charge in [0.15, 0.2) is 5.82 Å². The van der Waals surface area contributed by atoms with Crippen LogP contribution in [0.25, 0.3) is 0 Å². The zero-order valence-corrected chi connectivity index (χ0v) is 16.6. The molecular formula is C21H24N4O4. The molecule has 1 aliphatic carbocycles. The average molecular weight is 396 g/mol. The summed E-state index contributed by atoms with van der Waals surface area (Å²) >= 11 is 0. The van der Waals surface area contributed by atoms with Crippen LogP contribution < -0.4 is 5.32 Å². The number of ether oxygens (including phenoxy) is 1. The predicted molar refractivity (Wildman–Crippen MR) is 107 cm³/mol. The molecular weight excluding hydrogens is 372 g/mol. The van der Waals surface area contributed by atoms with Crippen LogP contribution in [0.4, 0.5) is 5.82 Å². The van der Waals surface area contributed by atoms with E-state index in [1.54, 1.807) is 6.07 Å². The van der Waals surface area contributed by atoms with E-state index in [-0.39, 0.29) is 29.8 Å². The minimum absolute atomic E-state index is 0.0574. The minimum Gasteiger partial charge on any atom is -0.507 e. The van der Waals surface area contributed by atoms with Crippen LogP contribution in [0.5, 0.6) is 5.75 Å². The van der Waals surface area contributed by atoms with Crippen molar-refractivity contribution in [1.29, 1.82) is 0 Å². The molecule has 4 rings (SSSR count). The molecule has 0 saturated heterocycles. The zero-order valence-electron chi connectivity index (χ0n) is 16.6. The second-order valence-corrected chi connectivity index (χ2v) is 7.35. The van der Waals surface area contributed by atoms with Crippen LogP contribution in [-0.4, -0.2) is 46.1 Å². The second kappa shape index (κ2) is 7.69. The molecule has 2 N–H and O–H groups in total. The lowest BCUT2D eigenvalue weighted by atomic mass is 10.1. The number of aryl methyl sites for hydroxylation is 1. The van der Waals surface area contributed by atoms with E-state index in [2.05, 4.69) is 5.32 Å². The van der Waals surface area contributed by atoms with Gasteiger partial charge in [-0.2, -0.15) is 5.10 Å². The highest BCUT2D eigenvalue weighted by Gasteiger charge is 2.30. The molecule has 0 unspecified atom stereocenters. The number of hydrogen-bond donors (Lipinski definition) is 2. The van der Waals surface area contributed by atoms with E-state index in [0.29, 0.717) is 29.1 Å². The van der Waals surface area contributed by atoms with Crippen molar-refractivity contribution in [2.75, 3.05) is 13.7 Å². The first-order valence-electron chi connectivity index (χ1n) is 9.92. The van der Waals surface area contributed by atoms with E-state index >= 15 is 0 Å². The molecule has 8 heteroatoms. The lowest BCUT2D eigenvalue weighted by Crippen LogP contribution is -2.28. The Kier molecular flexibility index (Phi) is 5.08. The third kappa shape index (κ3) is 3.39. The Morgan fingerprint density at radius 2 is 2.10 bits per heavy atom. The molecule has 1 saturated carbocycles. The molecule has 29 heavy (non-hydrogen) atoms. The number of aromatic nitrogens is 2. The Bertz CT molecular complexity index is 1000. The topological polar surface area (TPSA) is 106 Å². The number of rotatable bonds is 4. The van der Waals surface area contributed by atoms with E-state index in [9.17, 15) is 14.7 Å². The average Bonchev–Trinajstić information content (AvgIpc) is 3.34. The van der Waals surface area contributed by atoms with Crippen molar-refractivity contribution in [3.05, 3.63) is 40.6 Å². The van der Waals surface area contributed by atoms with Crippen molar-refractivity contribution in [3.8, 4) is 5.75 Å². The summed E-state index contributed by atoms with van der Waals surface area (Å²) in [4.78, 5) is 29.6. The van der Waals surface area contributed by atoms with Crippen molar-refractivity contribution in [2.45, 2.75) is 45.1 Å². The van der Waals surface area contributed by atoms with Crippen molar-refractivity contribution >= 4 is 23.4 Å². The van der Waals surface area contributed by atoms with Gasteiger partial charge >= 0.3 is 5.97 Å². The fourth-order valence-corrected chi connectivity index (χ4v) is 4.04. The van der Waals surface area contributed by atoms with Gasteiger partial charge in [0.2, 0.25) is 0 Å². The summed E-state index contributed by atoms with van der Waals surface area (Å²) in [6, 6.07) is 4.89. The van der Waals surface area contributed by atoms with Gasteiger partial charge in [0.1, 0.15) is 16.9 Å². The summed E-state index contributed by atoms with van der Waals surface area (Å²) in [5.41, 5.74) is 2.57. The summed E-state index contributed by atoms with van der Waals surface area (Å²) in [5, 5.41) is 17.6. The predicted octanol–water partition coefficient (Wildman–Crippen LogP) is 2.92. The Balaban J connectivity index is 1.84. The fraction of sp³-hybridized carbons (Fsp3) is 0.429. The molecule has 1 aromatic carbocycles. The molecule has 0 radical (unpaired) electrons. The summed E-state index contributed by atoms with van der Waals surface area (Å²) in [6.07, 6.45) is 4.98. The number of methoxy groups -OCH3 is 1. The largest absolute Gasteiger partial charge is 0.507 e. The molecule has 0 bridgehead atoms. The molecule has 152 valence electrons. The highest BCUT2D eigenvalue weighted by Crippen LogP contribution is 2.36. The van der Waals surface area contributed by atoms with Gasteiger partial charge in [0.05, 0.1) is 31.1 Å². The van der Waals surface area contributed by atoms with Gasteiger partial charge < -0.3 is 15.2 Å². The first kappa shape index (κ1) is 19.2. The molecule has 2 aromatic rings. The molecule has 1 aromatic heterocycles. The molecule has 1 fully saturated rings. The maximum atomic E-state index is 12.8. The quantitative estimate of drug-likeness (QED) is 0.773. The third-order valence-electron chi connectivity index (χ3n) is 5.58. The number of esters is 1. The van der Waals surface area contributed by atoms with Crippen molar-refractivity contribution in [1.82, 2.24) is 15.1 Å². The number of phenols is 1. The van der Waals surface area contributed by atoms with Crippen LogP contribution in [0.2, 0.25) is 0 Å². The van der Waals surface area contributed by atoms with E-state index in [4.69, 9.17) is 14.8 Å². The maximum Gasteiger partial charge on any atom is 0.341 e. The van der Waals surface area contributed by atoms with Gasteiger partial charge in [-0.25, -0.2) is 14.5 Å². The van der Waals surface area contributed by atoms with E-state index < -0.39 is 5.97 Å². The van der Waals surface area contributed by atoms with E-state index in [1.807, 2.05) is 11.6 Å². The number of carbonyl (C=O) groups excluding carboxylic acids is 2. The van der Waals surface area contributed by atoms with Crippen molar-refractivity contribution in [2.24, 2.45) is 4.99 Å². The third-order valence-corrected chi connectivity index (χ3v) is 5.58. The molecule has 0 spiro atoms.